The minimum Gasteiger partial charge on any atom is -0.372 e. The molecule has 0 saturated heterocycles. The number of benzene rings is 2. The largest absolute Gasteiger partial charge is 0.372 e. The van der Waals surface area contributed by atoms with Crippen LogP contribution in [0.4, 0.5) is 11.4 Å². The van der Waals surface area contributed by atoms with Crippen LogP contribution in [0.25, 0.3) is 10.9 Å². The number of aromatic amines is 1. The summed E-state index contributed by atoms with van der Waals surface area (Å²) in [6, 6.07) is 12.6. The molecule has 0 bridgehead atoms. The average molecular weight is 370 g/mol. The van der Waals surface area contributed by atoms with E-state index in [1.54, 1.807) is 30.3 Å². The Bertz CT molecular complexity index is 943. The molecule has 1 amide bonds. The van der Waals surface area contributed by atoms with Gasteiger partial charge in [-0.2, -0.15) is 0 Å². The lowest BCUT2D eigenvalue weighted by atomic mass is 10.1. The van der Waals surface area contributed by atoms with Crippen LogP contribution in [0.3, 0.4) is 0 Å². The van der Waals surface area contributed by atoms with E-state index in [1.807, 2.05) is 12.1 Å². The Morgan fingerprint density at radius 3 is 2.42 bits per heavy atom. The van der Waals surface area contributed by atoms with E-state index in [9.17, 15) is 9.59 Å². The van der Waals surface area contributed by atoms with Crippen molar-refractivity contribution < 1.29 is 9.59 Å². The number of anilines is 2. The molecule has 0 saturated carbocycles. The zero-order valence-electron chi connectivity index (χ0n) is 14.7. The van der Waals surface area contributed by atoms with E-state index in [2.05, 4.69) is 29.0 Å². The molecule has 26 heavy (non-hydrogen) atoms. The zero-order valence-corrected chi connectivity index (χ0v) is 15.4. The van der Waals surface area contributed by atoms with Gasteiger partial charge in [0.1, 0.15) is 0 Å². The van der Waals surface area contributed by atoms with Gasteiger partial charge in [-0.1, -0.05) is 17.7 Å². The third kappa shape index (κ3) is 3.58. The second kappa shape index (κ2) is 7.62. The third-order valence-electron chi connectivity index (χ3n) is 4.35. The summed E-state index contributed by atoms with van der Waals surface area (Å²) in [5.74, 6) is -1.26. The Morgan fingerprint density at radius 2 is 1.77 bits per heavy atom. The Morgan fingerprint density at radius 1 is 1.08 bits per heavy atom. The Labute approximate surface area is 157 Å². The average Bonchev–Trinajstić information content (AvgIpc) is 3.06. The molecule has 0 radical (unpaired) electrons. The number of hydrogen-bond donors (Lipinski definition) is 2. The zero-order chi connectivity index (χ0) is 18.7. The molecule has 0 aliphatic heterocycles. The van der Waals surface area contributed by atoms with E-state index in [1.165, 1.54) is 6.20 Å². The van der Waals surface area contributed by atoms with Gasteiger partial charge in [-0.15, -0.1) is 0 Å². The lowest BCUT2D eigenvalue weighted by Gasteiger charge is -2.21. The van der Waals surface area contributed by atoms with Crippen molar-refractivity contribution in [2.75, 3.05) is 23.3 Å². The number of nitrogens with zero attached hydrogens (tertiary/aromatic N) is 1. The number of aromatic nitrogens is 1. The molecule has 3 aromatic rings. The highest BCUT2D eigenvalue weighted by atomic mass is 35.5. The highest BCUT2D eigenvalue weighted by molar-refractivity contribution is 6.48. The van der Waals surface area contributed by atoms with Crippen molar-refractivity contribution in [1.29, 1.82) is 0 Å². The van der Waals surface area contributed by atoms with Crippen LogP contribution in [0.1, 0.15) is 24.2 Å². The van der Waals surface area contributed by atoms with Crippen molar-refractivity contribution >= 4 is 45.6 Å². The van der Waals surface area contributed by atoms with Crippen LogP contribution >= 0.6 is 11.6 Å². The van der Waals surface area contributed by atoms with Gasteiger partial charge in [0.25, 0.3) is 11.7 Å². The molecule has 2 N–H and O–H groups in total. The van der Waals surface area contributed by atoms with Crippen molar-refractivity contribution in [2.24, 2.45) is 0 Å². The smallest absolute Gasteiger partial charge is 0.296 e. The second-order valence-electron chi connectivity index (χ2n) is 5.89. The van der Waals surface area contributed by atoms with E-state index in [-0.39, 0.29) is 0 Å². The van der Waals surface area contributed by atoms with Crippen LogP contribution in [-0.2, 0) is 4.79 Å². The minimum absolute atomic E-state index is 0.328. The van der Waals surface area contributed by atoms with Crippen molar-refractivity contribution in [3.8, 4) is 0 Å². The summed E-state index contributed by atoms with van der Waals surface area (Å²) in [6.07, 6.45) is 1.53. The fourth-order valence-corrected chi connectivity index (χ4v) is 3.11. The first-order chi connectivity index (χ1) is 12.5. The van der Waals surface area contributed by atoms with E-state index < -0.39 is 11.7 Å². The Balaban J connectivity index is 1.75. The maximum absolute atomic E-state index is 12.5. The van der Waals surface area contributed by atoms with Gasteiger partial charge in [0.15, 0.2) is 0 Å². The summed E-state index contributed by atoms with van der Waals surface area (Å²) in [6.45, 7) is 6.00. The van der Waals surface area contributed by atoms with Gasteiger partial charge in [-0.3, -0.25) is 9.59 Å². The molecule has 0 unspecified atom stereocenters. The van der Waals surface area contributed by atoms with Crippen molar-refractivity contribution in [2.45, 2.75) is 13.8 Å². The number of hydrogen-bond acceptors (Lipinski definition) is 3. The van der Waals surface area contributed by atoms with Gasteiger partial charge in [0, 0.05) is 46.6 Å². The molecular weight excluding hydrogens is 350 g/mol. The normalized spacial score (nSPS) is 10.7. The minimum atomic E-state index is -0.670. The number of H-pyrrole nitrogens is 1. The summed E-state index contributed by atoms with van der Waals surface area (Å²) >= 11 is 5.95. The van der Waals surface area contributed by atoms with E-state index in [0.29, 0.717) is 21.7 Å². The molecule has 0 fully saturated rings. The van der Waals surface area contributed by atoms with Crippen LogP contribution in [0.5, 0.6) is 0 Å². The number of rotatable bonds is 6. The number of ketones is 1. The van der Waals surface area contributed by atoms with Crippen LogP contribution in [0.15, 0.2) is 48.7 Å². The van der Waals surface area contributed by atoms with Gasteiger partial charge in [0.05, 0.1) is 5.56 Å². The lowest BCUT2D eigenvalue weighted by Crippen LogP contribution is -2.23. The molecule has 3 rings (SSSR count). The molecule has 134 valence electrons. The number of carbonyl (C=O) groups excluding carboxylic acids is 2. The van der Waals surface area contributed by atoms with Crippen molar-refractivity contribution in [3.05, 3.63) is 59.2 Å². The third-order valence-corrected chi connectivity index (χ3v) is 4.58. The number of halogens is 1. The Hall–Kier alpha value is -2.79. The predicted octanol–water partition coefficient (Wildman–Crippen LogP) is 4.49. The summed E-state index contributed by atoms with van der Waals surface area (Å²) in [5, 5.41) is 3.90. The predicted molar refractivity (Wildman–Crippen MR) is 106 cm³/mol. The monoisotopic (exact) mass is 369 g/mol. The van der Waals surface area contributed by atoms with Crippen LogP contribution in [-0.4, -0.2) is 29.8 Å². The number of carbonyl (C=O) groups is 2. The second-order valence-corrected chi connectivity index (χ2v) is 6.33. The first kappa shape index (κ1) is 18.0. The van der Waals surface area contributed by atoms with Gasteiger partial charge >= 0.3 is 0 Å². The SMILES string of the molecule is CCN(CC)c1ccc(NC(=O)C(=O)c2c[nH]c3cc(Cl)ccc23)cc1. The summed E-state index contributed by atoms with van der Waals surface area (Å²) in [7, 11) is 0. The molecule has 0 aliphatic rings. The summed E-state index contributed by atoms with van der Waals surface area (Å²) in [5.41, 5.74) is 2.71. The summed E-state index contributed by atoms with van der Waals surface area (Å²) < 4.78 is 0. The standard InChI is InChI=1S/C20H20ClN3O2/c1-3-24(4-2)15-8-6-14(7-9-15)23-20(26)19(25)17-12-22-18-11-13(21)5-10-16(17)18/h5-12,22H,3-4H2,1-2H3,(H,23,26). The van der Waals surface area contributed by atoms with Crippen LogP contribution < -0.4 is 10.2 Å². The van der Waals surface area contributed by atoms with Gasteiger partial charge in [-0.25, -0.2) is 0 Å². The first-order valence-corrected chi connectivity index (χ1v) is 8.88. The summed E-state index contributed by atoms with van der Waals surface area (Å²) in [4.78, 5) is 30.0. The van der Waals surface area contributed by atoms with Gasteiger partial charge < -0.3 is 15.2 Å². The Kier molecular flexibility index (Phi) is 5.28. The number of amides is 1. The molecule has 2 aromatic carbocycles. The van der Waals surface area contributed by atoms with Crippen molar-refractivity contribution in [1.82, 2.24) is 4.98 Å². The van der Waals surface area contributed by atoms with Crippen LogP contribution in [0, 0.1) is 0 Å². The highest BCUT2D eigenvalue weighted by Crippen LogP contribution is 2.23. The molecule has 0 aliphatic carbocycles. The van der Waals surface area contributed by atoms with E-state index in [0.717, 1.165) is 24.3 Å². The molecule has 0 atom stereocenters. The molecule has 6 heteroatoms. The van der Waals surface area contributed by atoms with Crippen molar-refractivity contribution in [3.63, 3.8) is 0 Å². The fourth-order valence-electron chi connectivity index (χ4n) is 2.94. The van der Waals surface area contributed by atoms with Gasteiger partial charge in [-0.05, 0) is 50.2 Å². The molecular formula is C20H20ClN3O2. The maximum atomic E-state index is 12.5. The molecule has 5 nitrogen and oxygen atoms in total. The lowest BCUT2D eigenvalue weighted by molar-refractivity contribution is -0.112. The topological polar surface area (TPSA) is 65.2 Å². The van der Waals surface area contributed by atoms with Gasteiger partial charge in [0.2, 0.25) is 0 Å². The quantitative estimate of drug-likeness (QED) is 0.497. The fraction of sp³-hybridized carbons (Fsp3) is 0.200. The van der Waals surface area contributed by atoms with E-state index >= 15 is 0 Å². The molecule has 1 heterocycles. The van der Waals surface area contributed by atoms with E-state index in [4.69, 9.17) is 11.6 Å². The molecule has 1 aromatic heterocycles. The first-order valence-electron chi connectivity index (χ1n) is 8.50. The maximum Gasteiger partial charge on any atom is 0.296 e. The number of fused-ring (bicyclic) bond motifs is 1. The molecule has 0 spiro atoms. The number of Topliss-reactive ketones (excluding diaryl/α,β-unsaturated/α-hetero) is 1. The number of nitrogens with one attached hydrogen (secondary N) is 2. The highest BCUT2D eigenvalue weighted by Gasteiger charge is 2.20. The van der Waals surface area contributed by atoms with Crippen LogP contribution in [0.2, 0.25) is 5.02 Å².